The number of benzene rings is 3. The number of likely N-dealkylation sites (N-methyl/N-ethyl adjacent to an activating group) is 1. The molecule has 0 bridgehead atoms. The second-order valence-electron chi connectivity index (χ2n) is 8.43. The maximum absolute atomic E-state index is 6.09. The van der Waals surface area contributed by atoms with Gasteiger partial charge in [-0.15, -0.1) is 0 Å². The summed E-state index contributed by atoms with van der Waals surface area (Å²) in [6.07, 6.45) is 2.32. The highest BCUT2D eigenvalue weighted by molar-refractivity contribution is 5.40. The molecule has 3 aromatic carbocycles. The lowest BCUT2D eigenvalue weighted by atomic mass is 9.80. The van der Waals surface area contributed by atoms with E-state index in [9.17, 15) is 0 Å². The predicted molar refractivity (Wildman–Crippen MR) is 122 cm³/mol. The van der Waals surface area contributed by atoms with Crippen LogP contribution in [0.2, 0.25) is 0 Å². The van der Waals surface area contributed by atoms with E-state index in [0.717, 1.165) is 23.5 Å². The summed E-state index contributed by atoms with van der Waals surface area (Å²) in [4.78, 5) is 2.35. The van der Waals surface area contributed by atoms with Gasteiger partial charge in [-0.1, -0.05) is 55.5 Å². The Morgan fingerprint density at radius 3 is 2.13 bits per heavy atom. The van der Waals surface area contributed by atoms with Crippen LogP contribution in [0.4, 0.5) is 0 Å². The minimum absolute atomic E-state index is 0.557. The molecule has 0 N–H and O–H groups in total. The largest absolute Gasteiger partial charge is 0.489 e. The van der Waals surface area contributed by atoms with E-state index in [2.05, 4.69) is 68.4 Å². The van der Waals surface area contributed by atoms with Gasteiger partial charge in [0.2, 0.25) is 0 Å². The maximum Gasteiger partial charge on any atom is 0.120 e. The fraction of sp³-hybridized carbons (Fsp3) is 0.333. The average Bonchev–Trinajstić information content (AvgIpc) is 2.77. The van der Waals surface area contributed by atoms with E-state index in [0.29, 0.717) is 25.2 Å². The lowest BCUT2D eigenvalue weighted by molar-refractivity contribution is 0.236. The molecule has 0 spiro atoms. The van der Waals surface area contributed by atoms with Crippen LogP contribution in [0, 0.1) is 0 Å². The Morgan fingerprint density at radius 1 is 0.800 bits per heavy atom. The van der Waals surface area contributed by atoms with Gasteiger partial charge in [0.05, 0.1) is 0 Å². The summed E-state index contributed by atoms with van der Waals surface area (Å²) < 4.78 is 11.9. The zero-order valence-electron chi connectivity index (χ0n) is 18.2. The quantitative estimate of drug-likeness (QED) is 0.498. The number of nitrogens with zero attached hydrogens (tertiary/aromatic N) is 1. The van der Waals surface area contributed by atoms with Crippen molar-refractivity contribution in [1.29, 1.82) is 0 Å². The van der Waals surface area contributed by atoms with E-state index in [1.165, 1.54) is 23.1 Å². The van der Waals surface area contributed by atoms with Crippen LogP contribution < -0.4 is 9.47 Å². The Bertz CT molecular complexity index is 950. The molecule has 3 aromatic rings. The highest BCUT2D eigenvalue weighted by Gasteiger charge is 2.27. The van der Waals surface area contributed by atoms with Gasteiger partial charge in [-0.25, -0.2) is 0 Å². The molecule has 4 rings (SSSR count). The Morgan fingerprint density at radius 2 is 1.43 bits per heavy atom. The first-order valence-electron chi connectivity index (χ1n) is 10.8. The molecule has 0 saturated heterocycles. The average molecular weight is 402 g/mol. The van der Waals surface area contributed by atoms with Crippen molar-refractivity contribution in [3.8, 4) is 11.5 Å². The van der Waals surface area contributed by atoms with E-state index in [-0.39, 0.29) is 0 Å². The topological polar surface area (TPSA) is 21.7 Å². The van der Waals surface area contributed by atoms with E-state index in [1.54, 1.807) is 0 Å². The number of aryl methyl sites for hydroxylation is 1. The smallest absolute Gasteiger partial charge is 0.120 e. The molecule has 0 saturated carbocycles. The van der Waals surface area contributed by atoms with Gasteiger partial charge in [-0.3, -0.25) is 0 Å². The number of rotatable bonds is 7. The zero-order valence-corrected chi connectivity index (χ0v) is 18.2. The standard InChI is InChI=1S/C27H31NO2/c1-20-26-15-14-25(17-23(26)11-16-27(20)28(2)3)30-19-22-9-12-24(13-10-22)29-18-21-7-5-4-6-8-21/h4-10,12-15,17,20,27H,11,16,18-19H2,1-3H3. The molecule has 3 heteroatoms. The summed E-state index contributed by atoms with van der Waals surface area (Å²) in [6, 6.07) is 25.6. The Balaban J connectivity index is 1.33. The summed E-state index contributed by atoms with van der Waals surface area (Å²) in [6.45, 7) is 3.48. The van der Waals surface area contributed by atoms with Gasteiger partial charge in [0.25, 0.3) is 0 Å². The fourth-order valence-corrected chi connectivity index (χ4v) is 4.39. The highest BCUT2D eigenvalue weighted by Crippen LogP contribution is 2.35. The first-order chi connectivity index (χ1) is 14.6. The van der Waals surface area contributed by atoms with E-state index < -0.39 is 0 Å². The molecular formula is C27H31NO2. The molecule has 0 aromatic heterocycles. The summed E-state index contributed by atoms with van der Waals surface area (Å²) in [5.74, 6) is 2.38. The number of fused-ring (bicyclic) bond motifs is 1. The van der Waals surface area contributed by atoms with Gasteiger partial charge in [0.1, 0.15) is 24.7 Å². The van der Waals surface area contributed by atoms with Crippen molar-refractivity contribution in [3.63, 3.8) is 0 Å². The van der Waals surface area contributed by atoms with Gasteiger partial charge in [-0.2, -0.15) is 0 Å². The molecule has 156 valence electrons. The van der Waals surface area contributed by atoms with Gasteiger partial charge < -0.3 is 14.4 Å². The van der Waals surface area contributed by atoms with E-state index >= 15 is 0 Å². The summed E-state index contributed by atoms with van der Waals surface area (Å²) in [5.41, 5.74) is 5.21. The second-order valence-corrected chi connectivity index (χ2v) is 8.43. The molecule has 0 heterocycles. The van der Waals surface area contributed by atoms with Crippen LogP contribution in [-0.4, -0.2) is 25.0 Å². The summed E-state index contributed by atoms with van der Waals surface area (Å²) in [7, 11) is 4.36. The first-order valence-corrected chi connectivity index (χ1v) is 10.8. The minimum Gasteiger partial charge on any atom is -0.489 e. The zero-order chi connectivity index (χ0) is 20.9. The Hall–Kier alpha value is -2.78. The van der Waals surface area contributed by atoms with Crippen molar-refractivity contribution in [2.75, 3.05) is 14.1 Å². The van der Waals surface area contributed by atoms with Crippen molar-refractivity contribution in [3.05, 3.63) is 95.1 Å². The van der Waals surface area contributed by atoms with Gasteiger partial charge in [0, 0.05) is 6.04 Å². The third-order valence-corrected chi connectivity index (χ3v) is 6.13. The van der Waals surface area contributed by atoms with Crippen molar-refractivity contribution < 1.29 is 9.47 Å². The molecular weight excluding hydrogens is 370 g/mol. The Kier molecular flexibility index (Phi) is 6.39. The lowest BCUT2D eigenvalue weighted by Gasteiger charge is -2.35. The third-order valence-electron chi connectivity index (χ3n) is 6.13. The summed E-state index contributed by atoms with van der Waals surface area (Å²) in [5, 5.41) is 0. The van der Waals surface area contributed by atoms with Gasteiger partial charge in [0.15, 0.2) is 0 Å². The molecule has 0 radical (unpaired) electrons. The van der Waals surface area contributed by atoms with Crippen LogP contribution >= 0.6 is 0 Å². The number of hydrogen-bond donors (Lipinski definition) is 0. The molecule has 1 aliphatic carbocycles. The van der Waals surface area contributed by atoms with Crippen molar-refractivity contribution in [2.45, 2.75) is 44.9 Å². The van der Waals surface area contributed by atoms with Crippen LogP contribution in [0.3, 0.4) is 0 Å². The molecule has 2 atom stereocenters. The molecule has 0 amide bonds. The minimum atomic E-state index is 0.557. The molecule has 3 nitrogen and oxygen atoms in total. The predicted octanol–water partition coefficient (Wildman–Crippen LogP) is 5.82. The Labute approximate surface area is 180 Å². The highest BCUT2D eigenvalue weighted by atomic mass is 16.5. The van der Waals surface area contributed by atoms with Crippen LogP contribution in [0.25, 0.3) is 0 Å². The van der Waals surface area contributed by atoms with Crippen molar-refractivity contribution in [1.82, 2.24) is 4.90 Å². The van der Waals surface area contributed by atoms with E-state index in [4.69, 9.17) is 9.47 Å². The van der Waals surface area contributed by atoms with Crippen LogP contribution in [0.5, 0.6) is 11.5 Å². The molecule has 0 aliphatic heterocycles. The SMILES string of the molecule is CC1c2ccc(OCc3ccc(OCc4ccccc4)cc3)cc2CCC1N(C)C. The van der Waals surface area contributed by atoms with E-state index in [1.807, 2.05) is 30.3 Å². The monoisotopic (exact) mass is 401 g/mol. The fourth-order valence-electron chi connectivity index (χ4n) is 4.39. The number of hydrogen-bond acceptors (Lipinski definition) is 3. The van der Waals surface area contributed by atoms with Gasteiger partial charge >= 0.3 is 0 Å². The van der Waals surface area contributed by atoms with Crippen molar-refractivity contribution in [2.24, 2.45) is 0 Å². The lowest BCUT2D eigenvalue weighted by Crippen LogP contribution is -2.36. The van der Waals surface area contributed by atoms with Crippen LogP contribution in [0.15, 0.2) is 72.8 Å². The second kappa shape index (κ2) is 9.36. The molecule has 30 heavy (non-hydrogen) atoms. The maximum atomic E-state index is 6.09. The molecule has 0 fully saturated rings. The third kappa shape index (κ3) is 4.85. The van der Waals surface area contributed by atoms with Gasteiger partial charge in [-0.05, 0) is 79.4 Å². The normalized spacial score (nSPS) is 18.1. The summed E-state index contributed by atoms with van der Waals surface area (Å²) >= 11 is 0. The van der Waals surface area contributed by atoms with Crippen LogP contribution in [-0.2, 0) is 19.6 Å². The molecule has 1 aliphatic rings. The first kappa shape index (κ1) is 20.5. The van der Waals surface area contributed by atoms with Crippen molar-refractivity contribution >= 4 is 0 Å². The number of ether oxygens (including phenoxy) is 2. The molecule has 2 unspecified atom stereocenters. The van der Waals surface area contributed by atoms with Crippen LogP contribution in [0.1, 0.15) is 41.5 Å².